The van der Waals surface area contributed by atoms with Crippen LogP contribution in [0.3, 0.4) is 0 Å². The van der Waals surface area contributed by atoms with Crippen LogP contribution in [0, 0.1) is 0 Å². The fourth-order valence-electron chi connectivity index (χ4n) is 2.60. The summed E-state index contributed by atoms with van der Waals surface area (Å²) in [6, 6.07) is 2.35. The van der Waals surface area contributed by atoms with Crippen molar-refractivity contribution in [3.8, 4) is 0 Å². The first-order chi connectivity index (χ1) is 9.81. The van der Waals surface area contributed by atoms with Crippen LogP contribution in [-0.2, 0) is 6.18 Å². The van der Waals surface area contributed by atoms with Crippen LogP contribution in [0.25, 0.3) is 0 Å². The molecule has 5 nitrogen and oxygen atoms in total. The molecular formula is C13H20F3N5. The van der Waals surface area contributed by atoms with Gasteiger partial charge in [0, 0.05) is 12.1 Å². The predicted octanol–water partition coefficient (Wildman–Crippen LogP) is 2.98. The molecule has 8 heteroatoms. The lowest BCUT2D eigenvalue weighted by molar-refractivity contribution is -0.137. The molecule has 0 amide bonds. The second-order valence-corrected chi connectivity index (χ2v) is 5.42. The van der Waals surface area contributed by atoms with Gasteiger partial charge >= 0.3 is 6.18 Å². The van der Waals surface area contributed by atoms with Crippen LogP contribution < -0.4 is 16.7 Å². The first kappa shape index (κ1) is 15.8. The summed E-state index contributed by atoms with van der Waals surface area (Å²) in [6.07, 6.45) is -1.33. The minimum Gasteiger partial charge on any atom is -0.308 e. The zero-order valence-corrected chi connectivity index (χ0v) is 12.0. The predicted molar refractivity (Wildman–Crippen MR) is 75.3 cm³/mol. The molecule has 118 valence electrons. The third-order valence-electron chi connectivity index (χ3n) is 3.74. The molecule has 21 heavy (non-hydrogen) atoms. The normalized spacial score (nSPS) is 23.9. The summed E-state index contributed by atoms with van der Waals surface area (Å²) >= 11 is 0. The van der Waals surface area contributed by atoms with E-state index in [1.165, 1.54) is 0 Å². The van der Waals surface area contributed by atoms with Gasteiger partial charge in [-0.3, -0.25) is 0 Å². The van der Waals surface area contributed by atoms with Crippen molar-refractivity contribution in [3.63, 3.8) is 0 Å². The van der Waals surface area contributed by atoms with Crippen molar-refractivity contribution in [1.82, 2.24) is 9.99 Å². The summed E-state index contributed by atoms with van der Waals surface area (Å²) in [6.45, 7) is 4.08. The first-order valence-corrected chi connectivity index (χ1v) is 6.92. The maximum atomic E-state index is 12.9. The van der Waals surface area contributed by atoms with Gasteiger partial charge in [0.25, 0.3) is 0 Å². The van der Waals surface area contributed by atoms with Crippen LogP contribution in [0.1, 0.15) is 38.7 Å². The SMILES string of the molecule is CC1CCCC(C)N1Nc1cc(C(F)(F)F)cc(NN)n1. The van der Waals surface area contributed by atoms with E-state index in [-0.39, 0.29) is 23.7 Å². The van der Waals surface area contributed by atoms with E-state index >= 15 is 0 Å². The quantitative estimate of drug-likeness (QED) is 0.592. The Labute approximate surface area is 121 Å². The lowest BCUT2D eigenvalue weighted by atomic mass is 10.00. The molecule has 0 radical (unpaired) electrons. The average molecular weight is 303 g/mol. The molecule has 0 saturated carbocycles. The fraction of sp³-hybridized carbons (Fsp3) is 0.615. The van der Waals surface area contributed by atoms with Crippen molar-refractivity contribution in [2.45, 2.75) is 51.4 Å². The van der Waals surface area contributed by atoms with E-state index in [4.69, 9.17) is 5.84 Å². The lowest BCUT2D eigenvalue weighted by Gasteiger charge is -2.39. The van der Waals surface area contributed by atoms with Crippen LogP contribution in [0.5, 0.6) is 0 Å². The van der Waals surface area contributed by atoms with Gasteiger partial charge in [-0.1, -0.05) is 6.42 Å². The Morgan fingerprint density at radius 3 is 2.29 bits per heavy atom. The second-order valence-electron chi connectivity index (χ2n) is 5.42. The van der Waals surface area contributed by atoms with E-state index in [9.17, 15) is 13.2 Å². The molecule has 2 unspecified atom stereocenters. The Balaban J connectivity index is 2.26. The van der Waals surface area contributed by atoms with Gasteiger partial charge < -0.3 is 10.9 Å². The zero-order chi connectivity index (χ0) is 15.6. The van der Waals surface area contributed by atoms with Gasteiger partial charge in [0.15, 0.2) is 0 Å². The van der Waals surface area contributed by atoms with Gasteiger partial charge in [-0.05, 0) is 38.8 Å². The molecule has 2 atom stereocenters. The summed E-state index contributed by atoms with van der Waals surface area (Å²) in [5.74, 6) is 5.31. The van der Waals surface area contributed by atoms with E-state index in [2.05, 4.69) is 15.8 Å². The fourth-order valence-corrected chi connectivity index (χ4v) is 2.60. The second kappa shape index (κ2) is 6.07. The molecule has 1 aliphatic heterocycles. The Hall–Kier alpha value is -1.54. The van der Waals surface area contributed by atoms with Gasteiger partial charge in [-0.25, -0.2) is 15.8 Å². The van der Waals surface area contributed by atoms with Crippen molar-refractivity contribution in [3.05, 3.63) is 17.7 Å². The standard InChI is InChI=1S/C13H20F3N5/c1-8-4-3-5-9(2)21(8)20-12-7-10(13(14,15)16)6-11(18-12)19-17/h6-9H,3-5,17H2,1-2H3,(H2,18,19,20). The summed E-state index contributed by atoms with van der Waals surface area (Å²) in [5, 5.41) is 1.95. The third-order valence-corrected chi connectivity index (χ3v) is 3.74. The molecule has 1 fully saturated rings. The molecule has 1 aromatic rings. The van der Waals surface area contributed by atoms with Crippen molar-refractivity contribution in [2.24, 2.45) is 5.84 Å². The maximum absolute atomic E-state index is 12.9. The highest BCUT2D eigenvalue weighted by atomic mass is 19.4. The van der Waals surface area contributed by atoms with Crippen molar-refractivity contribution >= 4 is 11.6 Å². The zero-order valence-electron chi connectivity index (χ0n) is 12.0. The Morgan fingerprint density at radius 1 is 1.19 bits per heavy atom. The van der Waals surface area contributed by atoms with Crippen molar-refractivity contribution in [2.75, 3.05) is 10.9 Å². The van der Waals surface area contributed by atoms with Crippen molar-refractivity contribution in [1.29, 1.82) is 0 Å². The number of halogens is 3. The molecule has 1 saturated heterocycles. The van der Waals surface area contributed by atoms with Crippen molar-refractivity contribution < 1.29 is 13.2 Å². The number of hydrogen-bond donors (Lipinski definition) is 3. The number of anilines is 2. The molecule has 4 N–H and O–H groups in total. The van der Waals surface area contributed by atoms with Gasteiger partial charge in [0.1, 0.15) is 11.6 Å². The monoisotopic (exact) mass is 303 g/mol. The highest BCUT2D eigenvalue weighted by Crippen LogP contribution is 2.32. The summed E-state index contributed by atoms with van der Waals surface area (Å²) in [5.41, 5.74) is 4.38. The number of nitrogens with zero attached hydrogens (tertiary/aromatic N) is 2. The maximum Gasteiger partial charge on any atom is 0.416 e. The average Bonchev–Trinajstić information content (AvgIpc) is 2.42. The van der Waals surface area contributed by atoms with Gasteiger partial charge in [-0.15, -0.1) is 0 Å². The number of nitrogens with one attached hydrogen (secondary N) is 2. The number of nitrogen functional groups attached to an aromatic ring is 1. The van der Waals surface area contributed by atoms with Crippen LogP contribution in [0.4, 0.5) is 24.8 Å². The van der Waals surface area contributed by atoms with Gasteiger partial charge in [0.05, 0.1) is 5.56 Å². The number of pyridine rings is 1. The Kier molecular flexibility index (Phi) is 4.58. The van der Waals surface area contributed by atoms with Crippen LogP contribution in [-0.4, -0.2) is 22.1 Å². The number of hydrogen-bond acceptors (Lipinski definition) is 5. The summed E-state index contributed by atoms with van der Waals surface area (Å²) < 4.78 is 38.6. The number of rotatable bonds is 3. The van der Waals surface area contributed by atoms with E-state index in [1.54, 1.807) is 0 Å². The largest absolute Gasteiger partial charge is 0.416 e. The lowest BCUT2D eigenvalue weighted by Crippen LogP contribution is -2.47. The molecule has 1 aliphatic rings. The summed E-state index contributed by atoms with van der Waals surface area (Å²) in [7, 11) is 0. The molecule has 0 aromatic carbocycles. The molecule has 0 aliphatic carbocycles. The number of hydrazine groups is 2. The third kappa shape index (κ3) is 3.76. The number of nitrogens with two attached hydrogens (primary N) is 1. The topological polar surface area (TPSA) is 66.2 Å². The van der Waals surface area contributed by atoms with Gasteiger partial charge in [-0.2, -0.15) is 13.2 Å². The molecule has 0 spiro atoms. The Bertz CT molecular complexity index is 481. The van der Waals surface area contributed by atoms with E-state index in [0.29, 0.717) is 0 Å². The van der Waals surface area contributed by atoms with Crippen LogP contribution >= 0.6 is 0 Å². The highest BCUT2D eigenvalue weighted by molar-refractivity contribution is 5.48. The summed E-state index contributed by atoms with van der Waals surface area (Å²) in [4.78, 5) is 4.04. The first-order valence-electron chi connectivity index (χ1n) is 6.92. The number of alkyl halides is 3. The highest BCUT2D eigenvalue weighted by Gasteiger charge is 2.32. The number of piperidine rings is 1. The van der Waals surface area contributed by atoms with E-state index < -0.39 is 11.7 Å². The van der Waals surface area contributed by atoms with Crippen LogP contribution in [0.2, 0.25) is 0 Å². The Morgan fingerprint density at radius 2 is 1.76 bits per heavy atom. The van der Waals surface area contributed by atoms with E-state index in [1.807, 2.05) is 18.9 Å². The molecule has 2 rings (SSSR count). The number of aromatic nitrogens is 1. The minimum atomic E-state index is -4.44. The van der Waals surface area contributed by atoms with Crippen LogP contribution in [0.15, 0.2) is 12.1 Å². The van der Waals surface area contributed by atoms with Gasteiger partial charge in [0.2, 0.25) is 0 Å². The van der Waals surface area contributed by atoms with E-state index in [0.717, 1.165) is 31.4 Å². The molecule has 0 bridgehead atoms. The molecule has 2 heterocycles. The molecular weight excluding hydrogens is 283 g/mol. The minimum absolute atomic E-state index is 0.0235. The smallest absolute Gasteiger partial charge is 0.308 e. The molecule has 1 aromatic heterocycles.